The monoisotopic (exact) mass is 339 g/mol. The van der Waals surface area contributed by atoms with Crippen LogP contribution in [0.4, 0.5) is 0 Å². The first-order valence-electron chi connectivity index (χ1n) is 5.76. The standard InChI is InChI=1S/C11H21N3O.HI/c1-9-7-14(5-6-15-9)10(12)13-8-11(2)3-4-11;/h9H,3-8H2,1-2H3,(H2,12,13);1H. The Morgan fingerprint density at radius 2 is 2.25 bits per heavy atom. The van der Waals surface area contributed by atoms with Gasteiger partial charge >= 0.3 is 0 Å². The van der Waals surface area contributed by atoms with Crippen molar-refractivity contribution in [3.8, 4) is 0 Å². The maximum Gasteiger partial charge on any atom is 0.191 e. The number of morpholine rings is 1. The summed E-state index contributed by atoms with van der Waals surface area (Å²) in [7, 11) is 0. The molecule has 1 atom stereocenters. The van der Waals surface area contributed by atoms with E-state index in [1.165, 1.54) is 12.8 Å². The number of aliphatic imine (C=N–C) groups is 1. The fourth-order valence-corrected chi connectivity index (χ4v) is 1.77. The maximum atomic E-state index is 5.97. The molecule has 2 aliphatic rings. The highest BCUT2D eigenvalue weighted by atomic mass is 127. The molecule has 0 radical (unpaired) electrons. The lowest BCUT2D eigenvalue weighted by Gasteiger charge is -2.32. The van der Waals surface area contributed by atoms with Crippen LogP contribution in [0.15, 0.2) is 4.99 Å². The molecule has 4 nitrogen and oxygen atoms in total. The Morgan fingerprint density at radius 3 is 2.81 bits per heavy atom. The van der Waals surface area contributed by atoms with Crippen LogP contribution >= 0.6 is 24.0 Å². The van der Waals surface area contributed by atoms with Crippen molar-refractivity contribution in [2.45, 2.75) is 32.8 Å². The summed E-state index contributed by atoms with van der Waals surface area (Å²) < 4.78 is 5.46. The second-order valence-corrected chi connectivity index (χ2v) is 5.11. The van der Waals surface area contributed by atoms with Crippen molar-refractivity contribution in [2.75, 3.05) is 26.2 Å². The van der Waals surface area contributed by atoms with Crippen molar-refractivity contribution < 1.29 is 4.74 Å². The van der Waals surface area contributed by atoms with Crippen molar-refractivity contribution in [3.63, 3.8) is 0 Å². The molecule has 16 heavy (non-hydrogen) atoms. The Hall–Kier alpha value is -0.0400. The molecule has 1 saturated heterocycles. The van der Waals surface area contributed by atoms with E-state index in [9.17, 15) is 0 Å². The Morgan fingerprint density at radius 1 is 1.56 bits per heavy atom. The number of halogens is 1. The predicted octanol–water partition coefficient (Wildman–Crippen LogP) is 1.44. The van der Waals surface area contributed by atoms with Crippen molar-refractivity contribution in [2.24, 2.45) is 16.1 Å². The molecule has 0 bridgehead atoms. The van der Waals surface area contributed by atoms with Crippen LogP contribution in [0, 0.1) is 5.41 Å². The van der Waals surface area contributed by atoms with Crippen LogP contribution in [0.1, 0.15) is 26.7 Å². The van der Waals surface area contributed by atoms with E-state index in [4.69, 9.17) is 10.5 Å². The minimum absolute atomic E-state index is 0. The van der Waals surface area contributed by atoms with Crippen molar-refractivity contribution in [1.29, 1.82) is 0 Å². The summed E-state index contributed by atoms with van der Waals surface area (Å²) in [6.07, 6.45) is 2.86. The first kappa shape index (κ1) is 14.0. The van der Waals surface area contributed by atoms with Crippen LogP contribution in [-0.4, -0.2) is 43.2 Å². The zero-order valence-electron chi connectivity index (χ0n) is 10.1. The summed E-state index contributed by atoms with van der Waals surface area (Å²) in [5, 5.41) is 0. The molecule has 1 unspecified atom stereocenters. The predicted molar refractivity (Wildman–Crippen MR) is 76.2 cm³/mol. The van der Waals surface area contributed by atoms with E-state index in [1.807, 2.05) is 0 Å². The summed E-state index contributed by atoms with van der Waals surface area (Å²) in [5.41, 5.74) is 6.41. The van der Waals surface area contributed by atoms with Crippen LogP contribution in [0.25, 0.3) is 0 Å². The summed E-state index contributed by atoms with van der Waals surface area (Å²) in [4.78, 5) is 6.61. The van der Waals surface area contributed by atoms with E-state index in [0.29, 0.717) is 11.4 Å². The van der Waals surface area contributed by atoms with Crippen LogP contribution < -0.4 is 5.73 Å². The molecule has 1 aliphatic carbocycles. The molecule has 1 aliphatic heterocycles. The fourth-order valence-electron chi connectivity index (χ4n) is 1.77. The smallest absolute Gasteiger partial charge is 0.191 e. The van der Waals surface area contributed by atoms with E-state index in [2.05, 4.69) is 23.7 Å². The Balaban J connectivity index is 0.00000128. The zero-order valence-corrected chi connectivity index (χ0v) is 12.4. The molecule has 0 amide bonds. The zero-order chi connectivity index (χ0) is 10.9. The molecule has 1 heterocycles. The molecule has 0 aromatic heterocycles. The molecule has 0 aromatic carbocycles. The molecule has 0 aromatic rings. The molecule has 2 fully saturated rings. The lowest BCUT2D eigenvalue weighted by molar-refractivity contribution is 0.00527. The van der Waals surface area contributed by atoms with Gasteiger partial charge in [0.25, 0.3) is 0 Å². The number of hydrogen-bond acceptors (Lipinski definition) is 2. The molecule has 0 spiro atoms. The van der Waals surface area contributed by atoms with Crippen LogP contribution in [-0.2, 0) is 4.74 Å². The van der Waals surface area contributed by atoms with Crippen LogP contribution in [0.3, 0.4) is 0 Å². The molecule has 94 valence electrons. The van der Waals surface area contributed by atoms with E-state index in [-0.39, 0.29) is 30.1 Å². The van der Waals surface area contributed by atoms with Gasteiger partial charge in [-0.3, -0.25) is 4.99 Å². The van der Waals surface area contributed by atoms with Gasteiger partial charge in [-0.15, -0.1) is 24.0 Å². The largest absolute Gasteiger partial charge is 0.375 e. The van der Waals surface area contributed by atoms with Gasteiger partial charge in [0.15, 0.2) is 5.96 Å². The third kappa shape index (κ3) is 3.76. The van der Waals surface area contributed by atoms with E-state index >= 15 is 0 Å². The molecule has 2 N–H and O–H groups in total. The molecule has 1 saturated carbocycles. The van der Waals surface area contributed by atoms with Gasteiger partial charge in [-0.05, 0) is 25.2 Å². The van der Waals surface area contributed by atoms with Crippen molar-refractivity contribution in [1.82, 2.24) is 4.90 Å². The van der Waals surface area contributed by atoms with E-state index < -0.39 is 0 Å². The number of hydrogen-bond donors (Lipinski definition) is 1. The number of nitrogens with zero attached hydrogens (tertiary/aromatic N) is 2. The molecule has 5 heteroatoms. The van der Waals surface area contributed by atoms with E-state index in [0.717, 1.165) is 26.2 Å². The van der Waals surface area contributed by atoms with Gasteiger partial charge in [0, 0.05) is 19.6 Å². The first-order chi connectivity index (χ1) is 7.09. The molecular formula is C11H22IN3O. The second-order valence-electron chi connectivity index (χ2n) is 5.11. The molecular weight excluding hydrogens is 317 g/mol. The lowest BCUT2D eigenvalue weighted by Crippen LogP contribution is -2.48. The Labute approximate surface area is 115 Å². The number of guanidine groups is 1. The van der Waals surface area contributed by atoms with Gasteiger partial charge in [0.05, 0.1) is 12.7 Å². The van der Waals surface area contributed by atoms with Gasteiger partial charge in [0.1, 0.15) is 0 Å². The summed E-state index contributed by atoms with van der Waals surface area (Å²) >= 11 is 0. The first-order valence-corrected chi connectivity index (χ1v) is 5.76. The van der Waals surface area contributed by atoms with Crippen molar-refractivity contribution >= 4 is 29.9 Å². The highest BCUT2D eigenvalue weighted by Gasteiger charge is 2.37. The number of rotatable bonds is 2. The van der Waals surface area contributed by atoms with E-state index in [1.54, 1.807) is 0 Å². The van der Waals surface area contributed by atoms with Gasteiger partial charge in [-0.25, -0.2) is 0 Å². The maximum absolute atomic E-state index is 5.97. The van der Waals surface area contributed by atoms with Crippen LogP contribution in [0.5, 0.6) is 0 Å². The van der Waals surface area contributed by atoms with Gasteiger partial charge in [-0.2, -0.15) is 0 Å². The minimum atomic E-state index is 0. The topological polar surface area (TPSA) is 50.8 Å². The lowest BCUT2D eigenvalue weighted by atomic mass is 10.1. The fraction of sp³-hybridized carbons (Fsp3) is 0.909. The third-order valence-corrected chi connectivity index (χ3v) is 3.29. The summed E-state index contributed by atoms with van der Waals surface area (Å²) in [6, 6.07) is 0. The SMILES string of the molecule is CC1CN(C(N)=NCC2(C)CC2)CCO1.I. The summed E-state index contributed by atoms with van der Waals surface area (Å²) in [6.45, 7) is 7.72. The quantitative estimate of drug-likeness (QED) is 0.471. The summed E-state index contributed by atoms with van der Waals surface area (Å²) in [5.74, 6) is 0.693. The van der Waals surface area contributed by atoms with Gasteiger partial charge in [0.2, 0.25) is 0 Å². The van der Waals surface area contributed by atoms with Gasteiger partial charge < -0.3 is 15.4 Å². The third-order valence-electron chi connectivity index (χ3n) is 3.29. The average Bonchev–Trinajstić information content (AvgIpc) is 2.94. The Kier molecular flexibility index (Phi) is 4.85. The highest BCUT2D eigenvalue weighted by molar-refractivity contribution is 14.0. The van der Waals surface area contributed by atoms with Crippen LogP contribution in [0.2, 0.25) is 0 Å². The highest BCUT2D eigenvalue weighted by Crippen LogP contribution is 2.44. The van der Waals surface area contributed by atoms with Crippen molar-refractivity contribution in [3.05, 3.63) is 0 Å². The molecule has 2 rings (SSSR count). The minimum Gasteiger partial charge on any atom is -0.375 e. The number of ether oxygens (including phenoxy) is 1. The second kappa shape index (κ2) is 5.53. The van der Waals surface area contributed by atoms with Gasteiger partial charge in [-0.1, -0.05) is 6.92 Å². The Bertz CT molecular complexity index is 266. The average molecular weight is 339 g/mol. The number of nitrogens with two attached hydrogens (primary N) is 1. The normalized spacial score (nSPS) is 28.5.